The molecule has 1 aliphatic heterocycles. The van der Waals surface area contributed by atoms with Crippen molar-refractivity contribution in [2.24, 2.45) is 0 Å². The van der Waals surface area contributed by atoms with E-state index in [0.717, 1.165) is 17.7 Å². The van der Waals surface area contributed by atoms with Crippen molar-refractivity contribution in [2.75, 3.05) is 39.3 Å². The predicted molar refractivity (Wildman–Crippen MR) is 69.6 cm³/mol. The second-order valence-corrected chi connectivity index (χ2v) is 4.96. The van der Waals surface area contributed by atoms with Gasteiger partial charge in [0.25, 0.3) is 0 Å². The predicted octanol–water partition coefficient (Wildman–Crippen LogP) is 1.43. The zero-order chi connectivity index (χ0) is 15.9. The number of ether oxygens (including phenoxy) is 1. The number of esters is 1. The molecule has 0 bridgehead atoms. The molecule has 5 nitrogen and oxygen atoms in total. The lowest BCUT2D eigenvalue weighted by Gasteiger charge is -2.34. The Kier molecular flexibility index (Phi) is 6.94. The van der Waals surface area contributed by atoms with Crippen LogP contribution >= 0.6 is 0 Å². The number of amides is 1. The van der Waals surface area contributed by atoms with Gasteiger partial charge in [-0.2, -0.15) is 13.2 Å². The maximum Gasteiger partial charge on any atom is 0.471 e. The Morgan fingerprint density at radius 1 is 1.14 bits per heavy atom. The Morgan fingerprint density at radius 2 is 1.76 bits per heavy atom. The van der Waals surface area contributed by atoms with Crippen LogP contribution < -0.4 is 0 Å². The number of carbonyl (C=O) groups is 2. The van der Waals surface area contributed by atoms with Crippen molar-refractivity contribution < 1.29 is 27.5 Å². The Balaban J connectivity index is 2.19. The van der Waals surface area contributed by atoms with Crippen LogP contribution in [0.1, 0.15) is 26.2 Å². The summed E-state index contributed by atoms with van der Waals surface area (Å²) in [5.41, 5.74) is 0. The summed E-state index contributed by atoms with van der Waals surface area (Å²) < 4.78 is 41.8. The van der Waals surface area contributed by atoms with Crippen molar-refractivity contribution in [3.63, 3.8) is 0 Å². The molecule has 8 heteroatoms. The zero-order valence-electron chi connectivity index (χ0n) is 12.1. The molecule has 122 valence electrons. The first-order valence-electron chi connectivity index (χ1n) is 7.08. The lowest BCUT2D eigenvalue weighted by Crippen LogP contribution is -2.52. The highest BCUT2D eigenvalue weighted by Crippen LogP contribution is 2.19. The van der Waals surface area contributed by atoms with Gasteiger partial charge in [-0.25, -0.2) is 0 Å². The molecule has 0 radical (unpaired) electrons. The summed E-state index contributed by atoms with van der Waals surface area (Å²) in [7, 11) is 0. The van der Waals surface area contributed by atoms with Gasteiger partial charge in [0.1, 0.15) is 6.61 Å². The molecule has 1 fully saturated rings. The molecular weight excluding hydrogens is 289 g/mol. The zero-order valence-corrected chi connectivity index (χ0v) is 12.1. The van der Waals surface area contributed by atoms with E-state index >= 15 is 0 Å². The highest BCUT2D eigenvalue weighted by atomic mass is 19.4. The van der Waals surface area contributed by atoms with E-state index < -0.39 is 12.1 Å². The van der Waals surface area contributed by atoms with Crippen LogP contribution in [0.15, 0.2) is 0 Å². The minimum Gasteiger partial charge on any atom is -0.464 e. The summed E-state index contributed by atoms with van der Waals surface area (Å²) in [6.45, 7) is 3.49. The third kappa shape index (κ3) is 6.33. The highest BCUT2D eigenvalue weighted by molar-refractivity contribution is 5.81. The summed E-state index contributed by atoms with van der Waals surface area (Å²) in [4.78, 5) is 25.0. The van der Waals surface area contributed by atoms with E-state index in [1.54, 1.807) is 0 Å². The van der Waals surface area contributed by atoms with Crippen molar-refractivity contribution in [1.82, 2.24) is 9.80 Å². The van der Waals surface area contributed by atoms with E-state index in [-0.39, 0.29) is 25.7 Å². The fourth-order valence-electron chi connectivity index (χ4n) is 2.04. The maximum absolute atomic E-state index is 12.3. The van der Waals surface area contributed by atoms with Crippen LogP contribution in [-0.4, -0.2) is 67.2 Å². The molecule has 0 unspecified atom stereocenters. The second-order valence-electron chi connectivity index (χ2n) is 4.96. The van der Waals surface area contributed by atoms with Gasteiger partial charge in [0, 0.05) is 39.1 Å². The molecule has 1 rings (SSSR count). The molecule has 1 aliphatic rings. The van der Waals surface area contributed by atoms with E-state index in [0.29, 0.717) is 26.1 Å². The number of rotatable bonds is 6. The lowest BCUT2D eigenvalue weighted by molar-refractivity contribution is -0.187. The van der Waals surface area contributed by atoms with Crippen molar-refractivity contribution in [2.45, 2.75) is 32.4 Å². The number of hydrogen-bond acceptors (Lipinski definition) is 4. The first-order valence-corrected chi connectivity index (χ1v) is 7.08. The van der Waals surface area contributed by atoms with Crippen LogP contribution in [-0.2, 0) is 14.3 Å². The second kappa shape index (κ2) is 8.21. The monoisotopic (exact) mass is 310 g/mol. The Hall–Kier alpha value is -1.31. The molecule has 0 aromatic carbocycles. The summed E-state index contributed by atoms with van der Waals surface area (Å²) in [5.74, 6) is -2.03. The first-order chi connectivity index (χ1) is 9.84. The van der Waals surface area contributed by atoms with E-state index in [1.807, 2.05) is 11.8 Å². The number of alkyl halides is 3. The molecular formula is C13H21F3N2O3. The highest BCUT2D eigenvalue weighted by Gasteiger charge is 2.43. The van der Waals surface area contributed by atoms with Crippen LogP contribution in [0.4, 0.5) is 13.2 Å². The van der Waals surface area contributed by atoms with Crippen molar-refractivity contribution in [1.29, 1.82) is 0 Å². The molecule has 21 heavy (non-hydrogen) atoms. The van der Waals surface area contributed by atoms with Crippen LogP contribution in [0.25, 0.3) is 0 Å². The van der Waals surface area contributed by atoms with Gasteiger partial charge in [0.15, 0.2) is 0 Å². The van der Waals surface area contributed by atoms with Crippen LogP contribution in [0, 0.1) is 0 Å². The van der Waals surface area contributed by atoms with E-state index in [2.05, 4.69) is 0 Å². The molecule has 0 spiro atoms. The first kappa shape index (κ1) is 17.7. The number of carbonyl (C=O) groups excluding carboxylic acids is 2. The Labute approximate surface area is 122 Å². The fraction of sp³-hybridized carbons (Fsp3) is 0.846. The van der Waals surface area contributed by atoms with Crippen LogP contribution in [0.3, 0.4) is 0 Å². The molecule has 0 aliphatic carbocycles. The number of unbranched alkanes of at least 4 members (excludes halogenated alkanes) is 1. The van der Waals surface area contributed by atoms with Gasteiger partial charge in [-0.1, -0.05) is 13.3 Å². The van der Waals surface area contributed by atoms with E-state index in [9.17, 15) is 22.8 Å². The Morgan fingerprint density at radius 3 is 2.29 bits per heavy atom. The molecule has 1 saturated heterocycles. The average Bonchev–Trinajstić information content (AvgIpc) is 2.44. The average molecular weight is 310 g/mol. The minimum absolute atomic E-state index is 0.0438. The topological polar surface area (TPSA) is 49.9 Å². The number of halogens is 3. The van der Waals surface area contributed by atoms with Crippen molar-refractivity contribution in [3.05, 3.63) is 0 Å². The summed E-state index contributed by atoms with van der Waals surface area (Å²) in [6, 6.07) is 0. The molecule has 0 aromatic rings. The van der Waals surface area contributed by atoms with Gasteiger partial charge in [-0.15, -0.1) is 0 Å². The van der Waals surface area contributed by atoms with Gasteiger partial charge in [0.05, 0.1) is 0 Å². The standard InChI is InChI=1S/C13H21F3N2O3/c1-2-3-4-11(19)21-10-9-17-5-7-18(8-6-17)12(20)13(14,15)16/h2-10H2,1H3. The van der Waals surface area contributed by atoms with Gasteiger partial charge >= 0.3 is 18.1 Å². The molecule has 0 saturated carbocycles. The van der Waals surface area contributed by atoms with Gasteiger partial charge in [0.2, 0.25) is 0 Å². The summed E-state index contributed by atoms with van der Waals surface area (Å²) >= 11 is 0. The lowest BCUT2D eigenvalue weighted by atomic mass is 10.2. The SMILES string of the molecule is CCCCC(=O)OCCN1CCN(C(=O)C(F)(F)F)CC1. The van der Waals surface area contributed by atoms with Gasteiger partial charge in [-0.3, -0.25) is 14.5 Å². The molecule has 1 heterocycles. The smallest absolute Gasteiger partial charge is 0.464 e. The van der Waals surface area contributed by atoms with E-state index in [1.165, 1.54) is 0 Å². The van der Waals surface area contributed by atoms with Gasteiger partial charge in [-0.05, 0) is 6.42 Å². The van der Waals surface area contributed by atoms with Crippen LogP contribution in [0.5, 0.6) is 0 Å². The van der Waals surface area contributed by atoms with Crippen LogP contribution in [0.2, 0.25) is 0 Å². The summed E-state index contributed by atoms with van der Waals surface area (Å²) in [5, 5.41) is 0. The third-order valence-electron chi connectivity index (χ3n) is 3.31. The number of piperazine rings is 1. The fourth-order valence-corrected chi connectivity index (χ4v) is 2.04. The minimum atomic E-state index is -4.81. The third-order valence-corrected chi connectivity index (χ3v) is 3.31. The van der Waals surface area contributed by atoms with Crippen molar-refractivity contribution >= 4 is 11.9 Å². The number of nitrogens with zero attached hydrogens (tertiary/aromatic N) is 2. The normalized spacial score (nSPS) is 16.9. The largest absolute Gasteiger partial charge is 0.471 e. The van der Waals surface area contributed by atoms with E-state index in [4.69, 9.17) is 4.74 Å². The molecule has 1 amide bonds. The molecule has 0 N–H and O–H groups in total. The van der Waals surface area contributed by atoms with Crippen molar-refractivity contribution in [3.8, 4) is 0 Å². The maximum atomic E-state index is 12.3. The van der Waals surface area contributed by atoms with Gasteiger partial charge < -0.3 is 9.64 Å². The molecule has 0 atom stereocenters. The molecule has 0 aromatic heterocycles. The quantitative estimate of drug-likeness (QED) is 0.696. The number of hydrogen-bond donors (Lipinski definition) is 0. The summed E-state index contributed by atoms with van der Waals surface area (Å²) in [6.07, 6.45) is -2.71. The Bertz CT molecular complexity index is 353.